The predicted molar refractivity (Wildman–Crippen MR) is 58.8 cm³/mol. The van der Waals surface area contributed by atoms with Gasteiger partial charge in [0.25, 0.3) is 0 Å². The Morgan fingerprint density at radius 2 is 1.93 bits per heavy atom. The number of alkyl halides is 1. The van der Waals surface area contributed by atoms with Crippen molar-refractivity contribution < 1.29 is 23.9 Å². The lowest BCUT2D eigenvalue weighted by atomic mass is 10.2. The van der Waals surface area contributed by atoms with Crippen LogP contribution in [0.4, 0.5) is 0 Å². The van der Waals surface area contributed by atoms with E-state index in [2.05, 4.69) is 15.9 Å². The van der Waals surface area contributed by atoms with Gasteiger partial charge in [-0.15, -0.1) is 0 Å². The summed E-state index contributed by atoms with van der Waals surface area (Å²) in [7, 11) is 5.74. The molecule has 88 valence electrons. The normalized spacial score (nSPS) is 13.3. The van der Waals surface area contributed by atoms with Crippen LogP contribution in [-0.2, 0) is 14.3 Å². The Morgan fingerprint density at radius 1 is 1.40 bits per heavy atom. The molecular weight excluding hydrogens is 266 g/mol. The molecule has 0 fully saturated rings. The van der Waals surface area contributed by atoms with Gasteiger partial charge in [-0.25, -0.2) is 0 Å². The van der Waals surface area contributed by atoms with Crippen LogP contribution in [0.1, 0.15) is 6.42 Å². The number of rotatable bonds is 6. The standard InChI is InChI=1S/C9H16BrNO4/c1-11(2,3)6-7(4-8(12)13)15-9(14)5-10/h7H,4-6H2,1-3H3/p+1/t7-/m0/s1. The number of likely N-dealkylation sites (N-methyl/N-ethyl adjacent to an activating group) is 1. The average Bonchev–Trinajstić information content (AvgIpc) is 1.99. The number of quaternary nitrogens is 1. The van der Waals surface area contributed by atoms with E-state index in [0.29, 0.717) is 11.0 Å². The van der Waals surface area contributed by atoms with Crippen molar-refractivity contribution in [3.8, 4) is 0 Å². The third-order valence-corrected chi connectivity index (χ3v) is 2.02. The zero-order chi connectivity index (χ0) is 12.1. The SMILES string of the molecule is C[N+](C)(C)C[C@H](CC(=O)O)OC(=O)CBr. The highest BCUT2D eigenvalue weighted by molar-refractivity contribution is 9.09. The maximum atomic E-state index is 11.0. The van der Waals surface area contributed by atoms with E-state index in [1.807, 2.05) is 21.1 Å². The Labute approximate surface area is 97.7 Å². The molecule has 0 saturated carbocycles. The molecule has 0 aromatic carbocycles. The van der Waals surface area contributed by atoms with Gasteiger partial charge in [-0.3, -0.25) is 9.59 Å². The minimum Gasteiger partial charge on any atom is -0.481 e. The van der Waals surface area contributed by atoms with Crippen molar-refractivity contribution in [1.82, 2.24) is 0 Å². The predicted octanol–water partition coefficient (Wildman–Crippen LogP) is 0.474. The second kappa shape index (κ2) is 6.07. The molecule has 0 radical (unpaired) electrons. The fourth-order valence-corrected chi connectivity index (χ4v) is 1.30. The van der Waals surface area contributed by atoms with Crippen molar-refractivity contribution in [3.05, 3.63) is 0 Å². The summed E-state index contributed by atoms with van der Waals surface area (Å²) in [5.41, 5.74) is 0. The van der Waals surface area contributed by atoms with Gasteiger partial charge < -0.3 is 14.3 Å². The lowest BCUT2D eigenvalue weighted by Crippen LogP contribution is -2.43. The van der Waals surface area contributed by atoms with Crippen LogP contribution in [0.5, 0.6) is 0 Å². The van der Waals surface area contributed by atoms with Crippen molar-refractivity contribution in [1.29, 1.82) is 0 Å². The first-order valence-electron chi connectivity index (χ1n) is 4.52. The second-order valence-corrected chi connectivity index (χ2v) is 4.88. The van der Waals surface area contributed by atoms with Gasteiger partial charge in [0.05, 0.1) is 27.6 Å². The number of halogens is 1. The van der Waals surface area contributed by atoms with Crippen LogP contribution in [0, 0.1) is 0 Å². The highest BCUT2D eigenvalue weighted by Gasteiger charge is 2.24. The Kier molecular flexibility index (Phi) is 5.82. The monoisotopic (exact) mass is 282 g/mol. The molecule has 1 N–H and O–H groups in total. The molecule has 6 heteroatoms. The lowest BCUT2D eigenvalue weighted by molar-refractivity contribution is -0.873. The number of hydrogen-bond acceptors (Lipinski definition) is 3. The zero-order valence-corrected chi connectivity index (χ0v) is 10.8. The summed E-state index contributed by atoms with van der Waals surface area (Å²) in [5, 5.41) is 8.74. The van der Waals surface area contributed by atoms with Crippen LogP contribution in [0.15, 0.2) is 0 Å². The van der Waals surface area contributed by atoms with Crippen molar-refractivity contribution in [2.75, 3.05) is 33.0 Å². The van der Waals surface area contributed by atoms with Crippen molar-refractivity contribution in [3.63, 3.8) is 0 Å². The Bertz CT molecular complexity index is 237. The number of carboxylic acid groups (broad SMARTS) is 1. The van der Waals surface area contributed by atoms with E-state index in [9.17, 15) is 9.59 Å². The molecule has 0 rings (SSSR count). The maximum absolute atomic E-state index is 11.0. The van der Waals surface area contributed by atoms with Crippen LogP contribution < -0.4 is 0 Å². The number of carboxylic acids is 1. The number of carbonyl (C=O) groups is 2. The minimum atomic E-state index is -0.962. The van der Waals surface area contributed by atoms with E-state index in [1.54, 1.807) is 0 Å². The molecule has 0 heterocycles. The third kappa shape index (κ3) is 8.38. The van der Waals surface area contributed by atoms with E-state index in [1.165, 1.54) is 0 Å². The molecule has 0 aliphatic rings. The summed E-state index contributed by atoms with van der Waals surface area (Å²) >= 11 is 2.96. The molecule has 0 amide bonds. The lowest BCUT2D eigenvalue weighted by Gasteiger charge is -2.28. The van der Waals surface area contributed by atoms with Gasteiger partial charge in [0.2, 0.25) is 0 Å². The number of nitrogens with zero attached hydrogens (tertiary/aromatic N) is 1. The first kappa shape index (κ1) is 14.4. The number of aliphatic carboxylic acids is 1. The van der Waals surface area contributed by atoms with E-state index in [-0.39, 0.29) is 11.8 Å². The number of carbonyl (C=O) groups excluding carboxylic acids is 1. The molecule has 0 bridgehead atoms. The molecule has 1 atom stereocenters. The fraction of sp³-hybridized carbons (Fsp3) is 0.778. The molecule has 0 saturated heterocycles. The Hall–Kier alpha value is -0.620. The average molecular weight is 283 g/mol. The molecule has 0 spiro atoms. The van der Waals surface area contributed by atoms with Gasteiger partial charge in [-0.2, -0.15) is 0 Å². The summed E-state index contributed by atoms with van der Waals surface area (Å²) < 4.78 is 5.55. The minimum absolute atomic E-state index is 0.0836. The van der Waals surface area contributed by atoms with Crippen molar-refractivity contribution >= 4 is 27.9 Å². The van der Waals surface area contributed by atoms with Crippen molar-refractivity contribution in [2.24, 2.45) is 0 Å². The fourth-order valence-electron chi connectivity index (χ4n) is 1.17. The summed E-state index contributed by atoms with van der Waals surface area (Å²) in [5.74, 6) is -1.40. The van der Waals surface area contributed by atoms with E-state index >= 15 is 0 Å². The number of ether oxygens (including phenoxy) is 1. The van der Waals surface area contributed by atoms with Crippen LogP contribution in [0.3, 0.4) is 0 Å². The number of hydrogen-bond donors (Lipinski definition) is 1. The van der Waals surface area contributed by atoms with Crippen LogP contribution in [0.2, 0.25) is 0 Å². The van der Waals surface area contributed by atoms with Crippen LogP contribution in [0.25, 0.3) is 0 Å². The molecule has 0 aliphatic carbocycles. The highest BCUT2D eigenvalue weighted by Crippen LogP contribution is 2.06. The van der Waals surface area contributed by atoms with Crippen LogP contribution >= 0.6 is 15.9 Å². The summed E-state index contributed by atoms with van der Waals surface area (Å²) in [4.78, 5) is 21.6. The summed E-state index contributed by atoms with van der Waals surface area (Å²) in [6.07, 6.45) is -0.735. The van der Waals surface area contributed by atoms with Crippen molar-refractivity contribution in [2.45, 2.75) is 12.5 Å². The third-order valence-electron chi connectivity index (χ3n) is 1.56. The quantitative estimate of drug-likeness (QED) is 0.437. The number of esters is 1. The van der Waals surface area contributed by atoms with Gasteiger partial charge in [0.1, 0.15) is 11.9 Å². The largest absolute Gasteiger partial charge is 0.481 e. The van der Waals surface area contributed by atoms with E-state index in [4.69, 9.17) is 9.84 Å². The first-order valence-corrected chi connectivity index (χ1v) is 5.64. The molecule has 0 aromatic heterocycles. The second-order valence-electron chi connectivity index (χ2n) is 4.32. The Morgan fingerprint density at radius 3 is 2.27 bits per heavy atom. The van der Waals surface area contributed by atoms with E-state index in [0.717, 1.165) is 0 Å². The molecular formula is C9H17BrNO4+. The summed E-state index contributed by atoms with van der Waals surface area (Å²) in [6, 6.07) is 0. The molecule has 0 aromatic rings. The maximum Gasteiger partial charge on any atom is 0.317 e. The summed E-state index contributed by atoms with van der Waals surface area (Å²) in [6.45, 7) is 0.477. The molecule has 0 unspecified atom stereocenters. The smallest absolute Gasteiger partial charge is 0.317 e. The van der Waals surface area contributed by atoms with Gasteiger partial charge in [0, 0.05) is 0 Å². The van der Waals surface area contributed by atoms with Gasteiger partial charge in [-0.1, -0.05) is 15.9 Å². The van der Waals surface area contributed by atoms with Gasteiger partial charge in [0.15, 0.2) is 6.10 Å². The van der Waals surface area contributed by atoms with Crippen LogP contribution in [-0.4, -0.2) is 60.6 Å². The zero-order valence-electron chi connectivity index (χ0n) is 9.20. The first-order chi connectivity index (χ1) is 6.74. The molecule has 0 aliphatic heterocycles. The highest BCUT2D eigenvalue weighted by atomic mass is 79.9. The molecule has 5 nitrogen and oxygen atoms in total. The topological polar surface area (TPSA) is 63.6 Å². The van der Waals surface area contributed by atoms with Gasteiger partial charge in [-0.05, 0) is 0 Å². The van der Waals surface area contributed by atoms with E-state index < -0.39 is 18.0 Å². The van der Waals surface area contributed by atoms with Gasteiger partial charge >= 0.3 is 11.9 Å². The Balaban J connectivity index is 4.31. The molecule has 15 heavy (non-hydrogen) atoms.